The number of hydrogen-bond acceptors (Lipinski definition) is 4. The number of nitrogens with zero attached hydrogens (tertiary/aromatic N) is 2. The van der Waals surface area contributed by atoms with Crippen LogP contribution in [0.3, 0.4) is 0 Å². The van der Waals surface area contributed by atoms with Gasteiger partial charge in [-0.2, -0.15) is 5.26 Å². The standard InChI is InChI=1S/C17H20N2O4/c1-11-7-8-19(14(9-11)17(21)22)16(20)12(2)23-15-6-4-3-5-13(15)10-18/h3-6,11-12,14H,7-9H2,1-2H3,(H,21,22). The zero-order valence-electron chi connectivity index (χ0n) is 13.2. The summed E-state index contributed by atoms with van der Waals surface area (Å²) in [6, 6.07) is 7.85. The number of carboxylic acids is 1. The van der Waals surface area contributed by atoms with E-state index >= 15 is 0 Å². The molecule has 1 amide bonds. The van der Waals surface area contributed by atoms with Gasteiger partial charge in [0.2, 0.25) is 0 Å². The van der Waals surface area contributed by atoms with E-state index in [1.54, 1.807) is 31.2 Å². The van der Waals surface area contributed by atoms with Gasteiger partial charge in [0.25, 0.3) is 5.91 Å². The molecule has 6 heteroatoms. The number of likely N-dealkylation sites (tertiary alicyclic amines) is 1. The highest BCUT2D eigenvalue weighted by atomic mass is 16.5. The van der Waals surface area contributed by atoms with Crippen LogP contribution in [0, 0.1) is 17.2 Å². The summed E-state index contributed by atoms with van der Waals surface area (Å²) in [5.41, 5.74) is 0.342. The number of carbonyl (C=O) groups excluding carboxylic acids is 1. The smallest absolute Gasteiger partial charge is 0.326 e. The zero-order valence-corrected chi connectivity index (χ0v) is 13.2. The van der Waals surface area contributed by atoms with Crippen LogP contribution in [0.25, 0.3) is 0 Å². The van der Waals surface area contributed by atoms with Crippen molar-refractivity contribution in [3.63, 3.8) is 0 Å². The van der Waals surface area contributed by atoms with Crippen LogP contribution in [0.4, 0.5) is 0 Å². The Morgan fingerprint density at radius 3 is 2.78 bits per heavy atom. The third-order valence-electron chi connectivity index (χ3n) is 4.09. The minimum Gasteiger partial charge on any atom is -0.480 e. The lowest BCUT2D eigenvalue weighted by atomic mass is 9.92. The Hall–Kier alpha value is -2.55. The van der Waals surface area contributed by atoms with Gasteiger partial charge in [0.1, 0.15) is 17.9 Å². The highest BCUT2D eigenvalue weighted by Crippen LogP contribution is 2.25. The number of aliphatic carboxylic acids is 1. The van der Waals surface area contributed by atoms with Gasteiger partial charge in [-0.1, -0.05) is 19.1 Å². The van der Waals surface area contributed by atoms with Gasteiger partial charge in [-0.05, 0) is 37.8 Å². The lowest BCUT2D eigenvalue weighted by Crippen LogP contribution is -2.53. The summed E-state index contributed by atoms with van der Waals surface area (Å²) in [5, 5.41) is 18.4. The van der Waals surface area contributed by atoms with E-state index in [0.717, 1.165) is 6.42 Å². The number of rotatable bonds is 4. The quantitative estimate of drug-likeness (QED) is 0.918. The van der Waals surface area contributed by atoms with E-state index in [-0.39, 0.29) is 11.8 Å². The van der Waals surface area contributed by atoms with E-state index in [1.807, 2.05) is 13.0 Å². The van der Waals surface area contributed by atoms with Crippen LogP contribution in [0.15, 0.2) is 24.3 Å². The maximum atomic E-state index is 12.6. The van der Waals surface area contributed by atoms with Crippen molar-refractivity contribution in [2.45, 2.75) is 38.8 Å². The third kappa shape index (κ3) is 3.81. The van der Waals surface area contributed by atoms with E-state index in [1.165, 1.54) is 4.90 Å². The minimum atomic E-state index is -0.991. The number of piperidine rings is 1. The molecule has 0 radical (unpaired) electrons. The number of carbonyl (C=O) groups is 2. The van der Waals surface area contributed by atoms with Gasteiger partial charge in [-0.25, -0.2) is 4.79 Å². The second-order valence-electron chi connectivity index (χ2n) is 5.88. The Labute approximate surface area is 135 Å². The highest BCUT2D eigenvalue weighted by Gasteiger charge is 2.37. The molecule has 3 atom stereocenters. The summed E-state index contributed by atoms with van der Waals surface area (Å²) in [6.07, 6.45) is 0.374. The molecule has 0 saturated carbocycles. The lowest BCUT2D eigenvalue weighted by molar-refractivity contribution is -0.156. The average molecular weight is 316 g/mol. The van der Waals surface area contributed by atoms with Gasteiger partial charge >= 0.3 is 5.97 Å². The monoisotopic (exact) mass is 316 g/mol. The van der Waals surface area contributed by atoms with Gasteiger partial charge in [-0.3, -0.25) is 4.79 Å². The van der Waals surface area contributed by atoms with Crippen LogP contribution in [-0.4, -0.2) is 40.6 Å². The number of benzene rings is 1. The fraction of sp³-hybridized carbons (Fsp3) is 0.471. The van der Waals surface area contributed by atoms with E-state index in [0.29, 0.717) is 24.3 Å². The summed E-state index contributed by atoms with van der Waals surface area (Å²) in [7, 11) is 0. The first kappa shape index (κ1) is 16.8. The molecule has 1 aromatic rings. The van der Waals surface area contributed by atoms with Crippen molar-refractivity contribution in [1.29, 1.82) is 5.26 Å². The van der Waals surface area contributed by atoms with Crippen LogP contribution in [0.5, 0.6) is 5.75 Å². The Balaban J connectivity index is 2.12. The van der Waals surface area contributed by atoms with Crippen LogP contribution < -0.4 is 4.74 Å². The topological polar surface area (TPSA) is 90.6 Å². The molecule has 1 aromatic carbocycles. The van der Waals surface area contributed by atoms with E-state index in [2.05, 4.69) is 0 Å². The fourth-order valence-electron chi connectivity index (χ4n) is 2.78. The molecule has 0 aromatic heterocycles. The van der Waals surface area contributed by atoms with Crippen molar-refractivity contribution in [2.75, 3.05) is 6.54 Å². The Bertz CT molecular complexity index is 638. The molecule has 122 valence electrons. The van der Waals surface area contributed by atoms with Crippen LogP contribution in [-0.2, 0) is 9.59 Å². The molecule has 1 aliphatic rings. The van der Waals surface area contributed by atoms with Gasteiger partial charge in [0.15, 0.2) is 6.10 Å². The molecule has 3 unspecified atom stereocenters. The number of nitriles is 1. The third-order valence-corrected chi connectivity index (χ3v) is 4.09. The molecule has 6 nitrogen and oxygen atoms in total. The normalized spacial score (nSPS) is 22.0. The number of hydrogen-bond donors (Lipinski definition) is 1. The second-order valence-corrected chi connectivity index (χ2v) is 5.88. The Morgan fingerprint density at radius 2 is 2.13 bits per heavy atom. The zero-order chi connectivity index (χ0) is 17.0. The predicted molar refractivity (Wildman–Crippen MR) is 82.8 cm³/mol. The van der Waals surface area contributed by atoms with Crippen molar-refractivity contribution >= 4 is 11.9 Å². The van der Waals surface area contributed by atoms with Gasteiger partial charge in [0.05, 0.1) is 5.56 Å². The van der Waals surface area contributed by atoms with Crippen LogP contribution in [0.1, 0.15) is 32.3 Å². The van der Waals surface area contributed by atoms with Crippen molar-refractivity contribution in [3.8, 4) is 11.8 Å². The summed E-state index contributed by atoms with van der Waals surface area (Å²) in [4.78, 5) is 25.4. The van der Waals surface area contributed by atoms with Crippen molar-refractivity contribution in [1.82, 2.24) is 4.90 Å². The van der Waals surface area contributed by atoms with Crippen LogP contribution >= 0.6 is 0 Å². The lowest BCUT2D eigenvalue weighted by Gasteiger charge is -2.37. The number of amides is 1. The van der Waals surface area contributed by atoms with Crippen LogP contribution in [0.2, 0.25) is 0 Å². The molecule has 1 aliphatic heterocycles. The predicted octanol–water partition coefficient (Wildman–Crippen LogP) is 2.04. The molecule has 1 N–H and O–H groups in total. The number of carboxylic acid groups (broad SMARTS) is 1. The van der Waals surface area contributed by atoms with E-state index in [9.17, 15) is 14.7 Å². The Morgan fingerprint density at radius 1 is 1.43 bits per heavy atom. The first-order valence-electron chi connectivity index (χ1n) is 7.63. The molecule has 1 saturated heterocycles. The molecular weight excluding hydrogens is 296 g/mol. The summed E-state index contributed by atoms with van der Waals surface area (Å²) >= 11 is 0. The minimum absolute atomic E-state index is 0.274. The molecule has 0 bridgehead atoms. The first-order valence-corrected chi connectivity index (χ1v) is 7.63. The summed E-state index contributed by atoms with van der Waals surface area (Å²) in [6.45, 7) is 3.97. The number of para-hydroxylation sites is 1. The van der Waals surface area contributed by atoms with Gasteiger partial charge in [0, 0.05) is 6.54 Å². The van der Waals surface area contributed by atoms with Crippen molar-refractivity contribution < 1.29 is 19.4 Å². The van der Waals surface area contributed by atoms with E-state index < -0.39 is 18.1 Å². The summed E-state index contributed by atoms with van der Waals surface area (Å²) < 4.78 is 5.60. The maximum absolute atomic E-state index is 12.6. The summed E-state index contributed by atoms with van der Waals surface area (Å²) in [5.74, 6) is -0.754. The molecule has 0 spiro atoms. The van der Waals surface area contributed by atoms with Crippen molar-refractivity contribution in [2.24, 2.45) is 5.92 Å². The SMILES string of the molecule is CC1CCN(C(=O)C(C)Oc2ccccc2C#N)C(C(=O)O)C1. The van der Waals surface area contributed by atoms with Gasteiger partial charge < -0.3 is 14.7 Å². The second kappa shape index (κ2) is 7.14. The molecule has 23 heavy (non-hydrogen) atoms. The Kier molecular flexibility index (Phi) is 5.22. The fourth-order valence-corrected chi connectivity index (χ4v) is 2.78. The number of ether oxygens (including phenoxy) is 1. The van der Waals surface area contributed by atoms with E-state index in [4.69, 9.17) is 10.00 Å². The molecule has 1 fully saturated rings. The first-order chi connectivity index (χ1) is 10.9. The molecule has 0 aliphatic carbocycles. The molecule has 2 rings (SSSR count). The molecular formula is C17H20N2O4. The average Bonchev–Trinajstić information content (AvgIpc) is 2.54. The maximum Gasteiger partial charge on any atom is 0.326 e. The molecule has 1 heterocycles. The van der Waals surface area contributed by atoms with Gasteiger partial charge in [-0.15, -0.1) is 0 Å². The van der Waals surface area contributed by atoms with Crippen molar-refractivity contribution in [3.05, 3.63) is 29.8 Å². The largest absolute Gasteiger partial charge is 0.480 e. The highest BCUT2D eigenvalue weighted by molar-refractivity contribution is 5.86.